The maximum atomic E-state index is 12.1. The zero-order valence-corrected chi connectivity index (χ0v) is 18.6. The van der Waals surface area contributed by atoms with E-state index in [1.54, 1.807) is 13.2 Å². The highest BCUT2D eigenvalue weighted by molar-refractivity contribution is 14.1. The average Bonchev–Trinajstić information content (AvgIpc) is 2.74. The van der Waals surface area contributed by atoms with E-state index in [-0.39, 0.29) is 5.91 Å². The normalized spacial score (nSPS) is 10.7. The molecule has 0 spiro atoms. The van der Waals surface area contributed by atoms with E-state index in [0.29, 0.717) is 23.1 Å². The number of carbonyl (C=O) groups is 1. The van der Waals surface area contributed by atoms with Crippen molar-refractivity contribution in [2.24, 2.45) is 0 Å². The molecule has 0 radical (unpaired) electrons. The molecular formula is C23H19ClINO3. The summed E-state index contributed by atoms with van der Waals surface area (Å²) in [6.07, 6.45) is 3.22. The molecule has 4 nitrogen and oxygen atoms in total. The number of amides is 1. The number of hydrogen-bond donors (Lipinski definition) is 1. The molecule has 29 heavy (non-hydrogen) atoms. The van der Waals surface area contributed by atoms with E-state index in [9.17, 15) is 4.79 Å². The average molecular weight is 520 g/mol. The number of methoxy groups -OCH3 is 1. The van der Waals surface area contributed by atoms with Crippen LogP contribution in [0.2, 0.25) is 5.02 Å². The molecule has 1 N–H and O–H groups in total. The van der Waals surface area contributed by atoms with Crippen molar-refractivity contribution in [1.82, 2.24) is 0 Å². The Labute approximate surface area is 188 Å². The lowest BCUT2D eigenvalue weighted by Crippen LogP contribution is -2.07. The van der Waals surface area contributed by atoms with Crippen LogP contribution in [0.3, 0.4) is 0 Å². The second-order valence-electron chi connectivity index (χ2n) is 6.15. The van der Waals surface area contributed by atoms with Crippen LogP contribution < -0.4 is 14.8 Å². The summed E-state index contributed by atoms with van der Waals surface area (Å²) in [6.45, 7) is 0.404. The molecule has 6 heteroatoms. The maximum absolute atomic E-state index is 12.1. The van der Waals surface area contributed by atoms with Crippen LogP contribution in [0.5, 0.6) is 11.5 Å². The van der Waals surface area contributed by atoms with Gasteiger partial charge in [0.2, 0.25) is 5.91 Å². The number of hydrogen-bond acceptors (Lipinski definition) is 3. The number of nitrogens with one attached hydrogen (secondary N) is 1. The van der Waals surface area contributed by atoms with E-state index in [4.69, 9.17) is 21.1 Å². The molecule has 0 aromatic heterocycles. The minimum absolute atomic E-state index is 0.201. The predicted octanol–water partition coefficient (Wildman–Crippen LogP) is 6.18. The summed E-state index contributed by atoms with van der Waals surface area (Å²) in [5.41, 5.74) is 2.59. The zero-order valence-electron chi connectivity index (χ0n) is 15.7. The Morgan fingerprint density at radius 1 is 1.03 bits per heavy atom. The molecule has 0 aliphatic heterocycles. The van der Waals surface area contributed by atoms with Gasteiger partial charge < -0.3 is 14.8 Å². The Balaban J connectivity index is 1.62. The molecular weight excluding hydrogens is 501 g/mol. The summed E-state index contributed by atoms with van der Waals surface area (Å²) in [5, 5.41) is 3.52. The van der Waals surface area contributed by atoms with Gasteiger partial charge in [-0.2, -0.15) is 0 Å². The summed E-state index contributed by atoms with van der Waals surface area (Å²) in [4.78, 5) is 12.1. The number of anilines is 1. The van der Waals surface area contributed by atoms with Gasteiger partial charge in [-0.15, -0.1) is 0 Å². The van der Waals surface area contributed by atoms with Crippen LogP contribution in [-0.4, -0.2) is 13.0 Å². The molecule has 0 heterocycles. The van der Waals surface area contributed by atoms with E-state index in [0.717, 1.165) is 20.4 Å². The first kappa shape index (κ1) is 21.2. The van der Waals surface area contributed by atoms with Gasteiger partial charge in [-0.1, -0.05) is 29.8 Å². The topological polar surface area (TPSA) is 47.6 Å². The van der Waals surface area contributed by atoms with Crippen LogP contribution in [0.4, 0.5) is 5.69 Å². The highest BCUT2D eigenvalue weighted by Crippen LogP contribution is 2.29. The molecule has 1 amide bonds. The van der Waals surface area contributed by atoms with E-state index < -0.39 is 0 Å². The Kier molecular flexibility index (Phi) is 7.55. The summed E-state index contributed by atoms with van der Waals surface area (Å²) < 4.78 is 12.4. The Morgan fingerprint density at radius 3 is 2.45 bits per heavy atom. The molecule has 0 atom stereocenters. The fraction of sp³-hybridized carbons (Fsp3) is 0.0870. The van der Waals surface area contributed by atoms with Crippen molar-refractivity contribution < 1.29 is 14.3 Å². The number of carbonyl (C=O) groups excluding carboxylic acids is 1. The minimum atomic E-state index is -0.201. The molecule has 3 aromatic carbocycles. The van der Waals surface area contributed by atoms with Crippen LogP contribution in [0.25, 0.3) is 6.08 Å². The predicted molar refractivity (Wildman–Crippen MR) is 126 cm³/mol. The second kappa shape index (κ2) is 10.3. The van der Waals surface area contributed by atoms with Gasteiger partial charge in [0.15, 0.2) is 11.5 Å². The third-order valence-corrected chi connectivity index (χ3v) is 5.01. The first-order valence-corrected chi connectivity index (χ1v) is 10.3. The molecule has 0 aliphatic rings. The largest absolute Gasteiger partial charge is 0.493 e. The van der Waals surface area contributed by atoms with Crippen LogP contribution in [0.15, 0.2) is 72.8 Å². The van der Waals surface area contributed by atoms with Crippen molar-refractivity contribution in [2.45, 2.75) is 6.61 Å². The van der Waals surface area contributed by atoms with Gasteiger partial charge in [-0.25, -0.2) is 0 Å². The third kappa shape index (κ3) is 6.51. The van der Waals surface area contributed by atoms with Crippen molar-refractivity contribution in [3.8, 4) is 11.5 Å². The smallest absolute Gasteiger partial charge is 0.248 e. The fourth-order valence-corrected chi connectivity index (χ4v) is 3.02. The van der Waals surface area contributed by atoms with Gasteiger partial charge in [0.05, 0.1) is 7.11 Å². The number of benzene rings is 3. The molecule has 0 fully saturated rings. The van der Waals surface area contributed by atoms with E-state index in [2.05, 4.69) is 27.9 Å². The second-order valence-corrected chi connectivity index (χ2v) is 7.84. The Morgan fingerprint density at radius 2 is 1.76 bits per heavy atom. The van der Waals surface area contributed by atoms with Crippen LogP contribution >= 0.6 is 34.2 Å². The molecule has 0 bridgehead atoms. The summed E-state index contributed by atoms with van der Waals surface area (Å²) in [5.74, 6) is 1.02. The summed E-state index contributed by atoms with van der Waals surface area (Å²) >= 11 is 8.12. The quantitative estimate of drug-likeness (QED) is 0.299. The van der Waals surface area contributed by atoms with Crippen LogP contribution in [0, 0.1) is 3.57 Å². The van der Waals surface area contributed by atoms with E-state index in [1.807, 2.05) is 66.7 Å². The molecule has 0 saturated carbocycles. The third-order valence-electron chi connectivity index (χ3n) is 4.03. The summed E-state index contributed by atoms with van der Waals surface area (Å²) in [6, 6.07) is 20.6. The Bertz CT molecular complexity index is 1000. The minimum Gasteiger partial charge on any atom is -0.493 e. The van der Waals surface area contributed by atoms with E-state index >= 15 is 0 Å². The lowest BCUT2D eigenvalue weighted by molar-refractivity contribution is -0.111. The van der Waals surface area contributed by atoms with Gasteiger partial charge in [-0.05, 0) is 88.3 Å². The van der Waals surface area contributed by atoms with Gasteiger partial charge in [0.25, 0.3) is 0 Å². The van der Waals surface area contributed by atoms with Crippen molar-refractivity contribution in [3.63, 3.8) is 0 Å². The highest BCUT2D eigenvalue weighted by Gasteiger charge is 2.06. The molecule has 0 unspecified atom stereocenters. The number of rotatable bonds is 7. The van der Waals surface area contributed by atoms with Gasteiger partial charge in [0, 0.05) is 20.4 Å². The van der Waals surface area contributed by atoms with Gasteiger partial charge >= 0.3 is 0 Å². The van der Waals surface area contributed by atoms with Crippen molar-refractivity contribution in [2.75, 3.05) is 12.4 Å². The Hall–Kier alpha value is -2.51. The zero-order chi connectivity index (χ0) is 20.6. The van der Waals surface area contributed by atoms with Gasteiger partial charge in [0.1, 0.15) is 6.61 Å². The highest BCUT2D eigenvalue weighted by atomic mass is 127. The molecule has 3 aromatic rings. The maximum Gasteiger partial charge on any atom is 0.248 e. The van der Waals surface area contributed by atoms with Crippen LogP contribution in [-0.2, 0) is 11.4 Å². The summed E-state index contributed by atoms with van der Waals surface area (Å²) in [7, 11) is 1.58. The fourth-order valence-electron chi connectivity index (χ4n) is 2.54. The van der Waals surface area contributed by atoms with E-state index in [1.165, 1.54) is 6.08 Å². The first-order valence-electron chi connectivity index (χ1n) is 8.83. The monoisotopic (exact) mass is 519 g/mol. The van der Waals surface area contributed by atoms with Crippen molar-refractivity contribution in [1.29, 1.82) is 0 Å². The standard InChI is InChI=1S/C23H19ClINO3/c1-28-22-14-16(5-13-23(27)26-20-10-8-19(25)9-11-20)4-12-21(22)29-15-17-2-6-18(24)7-3-17/h2-14H,15H2,1H3,(H,26,27)/b13-5+. The molecule has 0 aliphatic carbocycles. The lowest BCUT2D eigenvalue weighted by atomic mass is 10.2. The number of halogens is 2. The number of ether oxygens (including phenoxy) is 2. The molecule has 148 valence electrons. The molecule has 0 saturated heterocycles. The van der Waals surface area contributed by atoms with Crippen LogP contribution in [0.1, 0.15) is 11.1 Å². The van der Waals surface area contributed by atoms with Crippen molar-refractivity contribution in [3.05, 3.63) is 92.5 Å². The first-order chi connectivity index (χ1) is 14.0. The SMILES string of the molecule is COc1cc(/C=C/C(=O)Nc2ccc(I)cc2)ccc1OCc1ccc(Cl)cc1. The van der Waals surface area contributed by atoms with Crippen molar-refractivity contribution >= 4 is 51.9 Å². The lowest BCUT2D eigenvalue weighted by Gasteiger charge is -2.11. The van der Waals surface area contributed by atoms with Gasteiger partial charge in [-0.3, -0.25) is 4.79 Å². The molecule has 3 rings (SSSR count).